The van der Waals surface area contributed by atoms with Gasteiger partial charge in [-0.25, -0.2) is 8.42 Å². The van der Waals surface area contributed by atoms with Crippen LogP contribution in [0.15, 0.2) is 65.6 Å². The summed E-state index contributed by atoms with van der Waals surface area (Å²) in [5.41, 5.74) is 4.27. The highest BCUT2D eigenvalue weighted by molar-refractivity contribution is 7.92. The molecular weight excluding hydrogens is 496 g/mol. The highest BCUT2D eigenvalue weighted by atomic mass is 35.5. The van der Waals surface area contributed by atoms with Gasteiger partial charge in [-0.1, -0.05) is 43.1 Å². The molecule has 192 valence electrons. The lowest BCUT2D eigenvalue weighted by molar-refractivity contribution is -0.120. The van der Waals surface area contributed by atoms with Crippen LogP contribution < -0.4 is 14.4 Å². The summed E-state index contributed by atoms with van der Waals surface area (Å²) in [4.78, 5) is 13.3. The summed E-state index contributed by atoms with van der Waals surface area (Å²) in [6.45, 7) is 9.52. The number of rotatable bonds is 9. The Morgan fingerprint density at radius 1 is 0.972 bits per heavy atom. The minimum atomic E-state index is -4.00. The maximum absolute atomic E-state index is 13.6. The molecule has 3 rings (SSSR count). The molecule has 1 amide bonds. The molecule has 0 unspecified atom stereocenters. The molecule has 0 bridgehead atoms. The SMILES string of the molecule is COc1cc(C)c([C@@H](C)NC(=O)CN(c2ccc(Cl)cc2)S(=O)(=O)c2ccc(C)cc2)cc1C(C)C. The van der Waals surface area contributed by atoms with Gasteiger partial charge in [0.25, 0.3) is 10.0 Å². The molecule has 0 heterocycles. The molecule has 0 radical (unpaired) electrons. The Bertz CT molecular complexity index is 1320. The highest BCUT2D eigenvalue weighted by Gasteiger charge is 2.28. The molecule has 0 saturated heterocycles. The standard InChI is InChI=1S/C28H33ClN2O4S/c1-18(2)25-16-26(20(4)15-27(25)35-6)21(5)30-28(32)17-31(23-11-9-22(29)10-12-23)36(33,34)24-13-7-19(3)8-14-24/h7-16,18,21H,17H2,1-6H3,(H,30,32)/t21-/m1/s1. The summed E-state index contributed by atoms with van der Waals surface area (Å²) < 4.78 is 33.8. The summed E-state index contributed by atoms with van der Waals surface area (Å²) in [6, 6.07) is 16.6. The van der Waals surface area contributed by atoms with Crippen molar-refractivity contribution < 1.29 is 17.9 Å². The van der Waals surface area contributed by atoms with Crippen LogP contribution in [-0.4, -0.2) is 28.0 Å². The van der Waals surface area contributed by atoms with Gasteiger partial charge in [0.2, 0.25) is 5.91 Å². The Balaban J connectivity index is 1.91. The van der Waals surface area contributed by atoms with Crippen molar-refractivity contribution in [3.05, 3.63) is 87.9 Å². The molecule has 3 aromatic carbocycles. The molecule has 0 fully saturated rings. The van der Waals surface area contributed by atoms with E-state index in [4.69, 9.17) is 16.3 Å². The fraction of sp³-hybridized carbons (Fsp3) is 0.321. The number of nitrogens with one attached hydrogen (secondary N) is 1. The number of sulfonamides is 1. The molecule has 0 spiro atoms. The van der Waals surface area contributed by atoms with E-state index >= 15 is 0 Å². The fourth-order valence-electron chi connectivity index (χ4n) is 4.07. The number of carbonyl (C=O) groups excluding carboxylic acids is 1. The zero-order valence-electron chi connectivity index (χ0n) is 21.5. The second-order valence-corrected chi connectivity index (χ2v) is 11.5. The third-order valence-electron chi connectivity index (χ3n) is 6.10. The van der Waals surface area contributed by atoms with Crippen LogP contribution in [-0.2, 0) is 14.8 Å². The molecule has 8 heteroatoms. The van der Waals surface area contributed by atoms with Crippen LogP contribution in [0.25, 0.3) is 0 Å². The molecule has 0 saturated carbocycles. The number of anilines is 1. The van der Waals surface area contributed by atoms with Crippen molar-refractivity contribution in [2.24, 2.45) is 0 Å². The summed E-state index contributed by atoms with van der Waals surface area (Å²) in [5.74, 6) is 0.625. The van der Waals surface area contributed by atoms with Crippen LogP contribution in [0.5, 0.6) is 5.75 Å². The Hall–Kier alpha value is -3.03. The monoisotopic (exact) mass is 528 g/mol. The van der Waals surface area contributed by atoms with Gasteiger partial charge < -0.3 is 10.1 Å². The van der Waals surface area contributed by atoms with Crippen LogP contribution in [0.1, 0.15) is 55.0 Å². The quantitative estimate of drug-likeness (QED) is 0.361. The van der Waals surface area contributed by atoms with Crippen LogP contribution in [0.3, 0.4) is 0 Å². The van der Waals surface area contributed by atoms with Crippen molar-refractivity contribution in [1.29, 1.82) is 0 Å². The Morgan fingerprint density at radius 3 is 2.14 bits per heavy atom. The van der Waals surface area contributed by atoms with Gasteiger partial charge in [0.15, 0.2) is 0 Å². The second-order valence-electron chi connectivity index (χ2n) is 9.20. The molecular formula is C28H33ClN2O4S. The van der Waals surface area contributed by atoms with E-state index in [1.165, 1.54) is 0 Å². The number of carbonyl (C=O) groups is 1. The summed E-state index contributed by atoms with van der Waals surface area (Å²) in [6.07, 6.45) is 0. The Morgan fingerprint density at radius 2 is 1.58 bits per heavy atom. The topological polar surface area (TPSA) is 75.7 Å². The summed E-state index contributed by atoms with van der Waals surface area (Å²) in [5, 5.41) is 3.45. The molecule has 0 aliphatic carbocycles. The number of nitrogens with zero attached hydrogens (tertiary/aromatic N) is 1. The highest BCUT2D eigenvalue weighted by Crippen LogP contribution is 2.32. The number of benzene rings is 3. The van der Waals surface area contributed by atoms with E-state index in [1.54, 1.807) is 55.6 Å². The van der Waals surface area contributed by atoms with Crippen LogP contribution in [0, 0.1) is 13.8 Å². The fourth-order valence-corrected chi connectivity index (χ4v) is 5.61. The van der Waals surface area contributed by atoms with Gasteiger partial charge in [-0.3, -0.25) is 9.10 Å². The van der Waals surface area contributed by atoms with Gasteiger partial charge in [-0.05, 0) is 91.9 Å². The average molecular weight is 529 g/mol. The van der Waals surface area contributed by atoms with E-state index in [9.17, 15) is 13.2 Å². The largest absolute Gasteiger partial charge is 0.496 e. The third-order valence-corrected chi connectivity index (χ3v) is 8.14. The minimum Gasteiger partial charge on any atom is -0.496 e. The lowest BCUT2D eigenvalue weighted by atomic mass is 9.93. The first kappa shape index (κ1) is 27.6. The van der Waals surface area contributed by atoms with Crippen molar-refractivity contribution in [2.45, 2.75) is 51.5 Å². The zero-order chi connectivity index (χ0) is 26.6. The summed E-state index contributed by atoms with van der Waals surface area (Å²) >= 11 is 6.02. The number of methoxy groups -OCH3 is 1. The van der Waals surface area contributed by atoms with Crippen molar-refractivity contribution in [2.75, 3.05) is 18.0 Å². The first-order chi connectivity index (χ1) is 16.9. The predicted octanol–water partition coefficient (Wildman–Crippen LogP) is 6.16. The van der Waals surface area contributed by atoms with E-state index in [0.29, 0.717) is 10.7 Å². The maximum atomic E-state index is 13.6. The Labute approximate surface area is 219 Å². The lowest BCUT2D eigenvalue weighted by Crippen LogP contribution is -2.41. The number of halogens is 1. The van der Waals surface area contributed by atoms with Gasteiger partial charge in [0.05, 0.1) is 23.7 Å². The summed E-state index contributed by atoms with van der Waals surface area (Å²) in [7, 11) is -2.36. The molecule has 0 aliphatic heterocycles. The number of aryl methyl sites for hydroxylation is 2. The zero-order valence-corrected chi connectivity index (χ0v) is 23.1. The van der Waals surface area contributed by atoms with E-state index in [-0.39, 0.29) is 23.4 Å². The van der Waals surface area contributed by atoms with E-state index in [2.05, 4.69) is 19.2 Å². The molecule has 1 atom stereocenters. The smallest absolute Gasteiger partial charge is 0.264 e. The van der Waals surface area contributed by atoms with E-state index in [1.807, 2.05) is 32.9 Å². The molecule has 36 heavy (non-hydrogen) atoms. The van der Waals surface area contributed by atoms with Crippen molar-refractivity contribution >= 4 is 33.2 Å². The van der Waals surface area contributed by atoms with Gasteiger partial charge in [-0.2, -0.15) is 0 Å². The number of hydrogen-bond acceptors (Lipinski definition) is 4. The number of amides is 1. The lowest BCUT2D eigenvalue weighted by Gasteiger charge is -2.26. The van der Waals surface area contributed by atoms with E-state index in [0.717, 1.165) is 32.3 Å². The molecule has 3 aromatic rings. The first-order valence-corrected chi connectivity index (χ1v) is 13.6. The molecule has 1 N–H and O–H groups in total. The van der Waals surface area contributed by atoms with Crippen molar-refractivity contribution in [3.63, 3.8) is 0 Å². The Kier molecular flexibility index (Phi) is 8.69. The van der Waals surface area contributed by atoms with Gasteiger partial charge in [-0.15, -0.1) is 0 Å². The normalized spacial score (nSPS) is 12.3. The van der Waals surface area contributed by atoms with Crippen LogP contribution in [0.2, 0.25) is 5.02 Å². The van der Waals surface area contributed by atoms with E-state index < -0.39 is 15.9 Å². The first-order valence-electron chi connectivity index (χ1n) is 11.8. The van der Waals surface area contributed by atoms with Gasteiger partial charge >= 0.3 is 0 Å². The van der Waals surface area contributed by atoms with Gasteiger partial charge in [0, 0.05) is 5.02 Å². The number of hydrogen-bond donors (Lipinski definition) is 1. The molecule has 0 aliphatic rings. The predicted molar refractivity (Wildman–Crippen MR) is 146 cm³/mol. The second kappa shape index (κ2) is 11.4. The van der Waals surface area contributed by atoms with Crippen LogP contribution >= 0.6 is 11.6 Å². The van der Waals surface area contributed by atoms with Gasteiger partial charge in [0.1, 0.15) is 12.3 Å². The third kappa shape index (κ3) is 6.20. The maximum Gasteiger partial charge on any atom is 0.264 e. The number of ether oxygens (including phenoxy) is 1. The van der Waals surface area contributed by atoms with Crippen LogP contribution in [0.4, 0.5) is 5.69 Å². The average Bonchev–Trinajstić information content (AvgIpc) is 2.82. The molecule has 0 aromatic heterocycles. The van der Waals surface area contributed by atoms with Crippen molar-refractivity contribution in [1.82, 2.24) is 5.32 Å². The molecule has 6 nitrogen and oxygen atoms in total. The minimum absolute atomic E-state index is 0.108. The van der Waals surface area contributed by atoms with Crippen molar-refractivity contribution in [3.8, 4) is 5.75 Å².